The van der Waals surface area contributed by atoms with Crippen LogP contribution in [0.4, 0.5) is 0 Å². The van der Waals surface area contributed by atoms with Gasteiger partial charge in [0.2, 0.25) is 6.29 Å². The smallest absolute Gasteiger partial charge is 0.230 e. The molecule has 114 valence electrons. The van der Waals surface area contributed by atoms with Crippen LogP contribution in [0.3, 0.4) is 0 Å². The predicted octanol–water partition coefficient (Wildman–Crippen LogP) is 5.08. The van der Waals surface area contributed by atoms with Crippen LogP contribution in [0.1, 0.15) is 59.4 Å². The van der Waals surface area contributed by atoms with Gasteiger partial charge in [-0.25, -0.2) is 5.26 Å². The second-order valence-corrected chi connectivity index (χ2v) is 6.72. The molecule has 0 aliphatic heterocycles. The average Bonchev–Trinajstić information content (AvgIpc) is 2.35. The molecule has 0 spiro atoms. The zero-order chi connectivity index (χ0) is 15.3. The van der Waals surface area contributed by atoms with Crippen LogP contribution in [0.15, 0.2) is 24.3 Å². The van der Waals surface area contributed by atoms with Crippen molar-refractivity contribution in [3.63, 3.8) is 0 Å². The summed E-state index contributed by atoms with van der Waals surface area (Å²) in [7, 11) is 0. The van der Waals surface area contributed by atoms with E-state index in [4.69, 9.17) is 9.99 Å². The van der Waals surface area contributed by atoms with Gasteiger partial charge in [-0.2, -0.15) is 4.89 Å². The summed E-state index contributed by atoms with van der Waals surface area (Å²) in [6.45, 7) is 13.2. The summed E-state index contributed by atoms with van der Waals surface area (Å²) < 4.78 is 5.52. The molecule has 1 N–H and O–H groups in total. The normalized spacial score (nSPS) is 15.2. The Morgan fingerprint density at radius 1 is 1.10 bits per heavy atom. The molecule has 0 radical (unpaired) electrons. The molecule has 20 heavy (non-hydrogen) atoms. The first-order chi connectivity index (χ1) is 9.29. The summed E-state index contributed by atoms with van der Waals surface area (Å²) in [6, 6.07) is 8.10. The highest BCUT2D eigenvalue weighted by molar-refractivity contribution is 5.30. The maximum Gasteiger partial charge on any atom is 0.230 e. The molecule has 0 aromatic heterocycles. The molecule has 0 aliphatic rings. The van der Waals surface area contributed by atoms with Gasteiger partial charge in [-0.3, -0.25) is 0 Å². The minimum atomic E-state index is -0.607. The first-order valence-corrected chi connectivity index (χ1v) is 7.36. The maximum atomic E-state index is 8.68. The molecule has 0 saturated heterocycles. The SMILES string of the molecule is CCC(OO)Oc1ccc(C(C(C)C)C(C)(C)C)cc1. The molecule has 3 nitrogen and oxygen atoms in total. The lowest BCUT2D eigenvalue weighted by molar-refractivity contribution is -0.325. The van der Waals surface area contributed by atoms with Crippen LogP contribution in [-0.4, -0.2) is 11.5 Å². The van der Waals surface area contributed by atoms with Gasteiger partial charge in [-0.05, 0) is 34.9 Å². The fourth-order valence-corrected chi connectivity index (χ4v) is 2.97. The molecule has 3 heteroatoms. The zero-order valence-electron chi connectivity index (χ0n) is 13.5. The molecule has 0 amide bonds. The molecule has 0 aliphatic carbocycles. The molecular formula is C17H28O3. The summed E-state index contributed by atoms with van der Waals surface area (Å²) in [5.41, 5.74) is 1.54. The molecule has 0 heterocycles. The predicted molar refractivity (Wildman–Crippen MR) is 81.9 cm³/mol. The van der Waals surface area contributed by atoms with Gasteiger partial charge in [-0.15, -0.1) is 0 Å². The first kappa shape index (κ1) is 17.0. The van der Waals surface area contributed by atoms with Gasteiger partial charge >= 0.3 is 0 Å². The highest BCUT2D eigenvalue weighted by atomic mass is 17.1. The van der Waals surface area contributed by atoms with Crippen molar-refractivity contribution in [3.8, 4) is 5.75 Å². The molecule has 1 aromatic rings. The largest absolute Gasteiger partial charge is 0.462 e. The van der Waals surface area contributed by atoms with E-state index in [-0.39, 0.29) is 5.41 Å². The Kier molecular flexibility index (Phi) is 6.03. The minimum absolute atomic E-state index is 0.219. The fourth-order valence-electron chi connectivity index (χ4n) is 2.97. The molecule has 0 saturated carbocycles. The van der Waals surface area contributed by atoms with Crippen LogP contribution in [-0.2, 0) is 4.89 Å². The third-order valence-corrected chi connectivity index (χ3v) is 3.56. The van der Waals surface area contributed by atoms with E-state index in [0.717, 1.165) is 0 Å². The van der Waals surface area contributed by atoms with Crippen molar-refractivity contribution in [1.29, 1.82) is 0 Å². The van der Waals surface area contributed by atoms with Crippen molar-refractivity contribution in [2.45, 2.75) is 60.2 Å². The van der Waals surface area contributed by atoms with Crippen LogP contribution in [0.25, 0.3) is 0 Å². The Bertz CT molecular complexity index is 386. The van der Waals surface area contributed by atoms with Crippen LogP contribution >= 0.6 is 0 Å². The minimum Gasteiger partial charge on any atom is -0.462 e. The third-order valence-electron chi connectivity index (χ3n) is 3.56. The topological polar surface area (TPSA) is 38.7 Å². The summed E-state index contributed by atoms with van der Waals surface area (Å²) in [4.78, 5) is 4.25. The van der Waals surface area contributed by atoms with Crippen LogP contribution in [0, 0.1) is 11.3 Å². The monoisotopic (exact) mass is 280 g/mol. The quantitative estimate of drug-likeness (QED) is 0.449. The number of hydrogen-bond acceptors (Lipinski definition) is 3. The Morgan fingerprint density at radius 3 is 2.00 bits per heavy atom. The van der Waals surface area contributed by atoms with Gasteiger partial charge in [-0.1, -0.05) is 53.7 Å². The average molecular weight is 280 g/mol. The highest BCUT2D eigenvalue weighted by Crippen LogP contribution is 2.40. The fraction of sp³-hybridized carbons (Fsp3) is 0.647. The van der Waals surface area contributed by atoms with Crippen molar-refractivity contribution >= 4 is 0 Å². The Morgan fingerprint density at radius 2 is 1.65 bits per heavy atom. The van der Waals surface area contributed by atoms with E-state index in [1.165, 1.54) is 5.56 Å². The van der Waals surface area contributed by atoms with E-state index in [0.29, 0.717) is 24.0 Å². The van der Waals surface area contributed by atoms with Gasteiger partial charge in [0.15, 0.2) is 0 Å². The number of benzene rings is 1. The molecular weight excluding hydrogens is 252 g/mol. The van der Waals surface area contributed by atoms with E-state index < -0.39 is 6.29 Å². The molecule has 2 atom stereocenters. The third kappa shape index (κ3) is 4.50. The Hall–Kier alpha value is -1.06. The highest BCUT2D eigenvalue weighted by Gasteiger charge is 2.28. The second kappa shape index (κ2) is 7.09. The number of hydrogen-bond donors (Lipinski definition) is 1. The van der Waals surface area contributed by atoms with Crippen LogP contribution in [0.2, 0.25) is 0 Å². The molecule has 0 bridgehead atoms. The molecule has 1 rings (SSSR count). The van der Waals surface area contributed by atoms with E-state index >= 15 is 0 Å². The van der Waals surface area contributed by atoms with Crippen LogP contribution in [0.5, 0.6) is 5.75 Å². The lowest BCUT2D eigenvalue weighted by Crippen LogP contribution is -2.23. The van der Waals surface area contributed by atoms with Crippen molar-refractivity contribution < 1.29 is 14.9 Å². The Labute approximate surface area is 122 Å². The van der Waals surface area contributed by atoms with Crippen LogP contribution < -0.4 is 4.74 Å². The van der Waals surface area contributed by atoms with Gasteiger partial charge in [0.25, 0.3) is 0 Å². The van der Waals surface area contributed by atoms with E-state index in [2.05, 4.69) is 51.6 Å². The van der Waals surface area contributed by atoms with Gasteiger partial charge in [0.05, 0.1) is 0 Å². The van der Waals surface area contributed by atoms with Gasteiger partial charge in [0, 0.05) is 6.42 Å². The standard InChI is InChI=1S/C17H28O3/c1-7-15(20-18)19-14-10-8-13(9-11-14)16(12(2)3)17(4,5)6/h8-12,15-16,18H,7H2,1-6H3. The summed E-state index contributed by atoms with van der Waals surface area (Å²) >= 11 is 0. The molecule has 2 unspecified atom stereocenters. The second-order valence-electron chi connectivity index (χ2n) is 6.72. The molecule has 1 aromatic carbocycles. The lowest BCUT2D eigenvalue weighted by atomic mass is 9.70. The van der Waals surface area contributed by atoms with Crippen molar-refractivity contribution in [2.24, 2.45) is 11.3 Å². The maximum absolute atomic E-state index is 8.68. The van der Waals surface area contributed by atoms with E-state index in [9.17, 15) is 0 Å². The van der Waals surface area contributed by atoms with E-state index in [1.807, 2.05) is 19.1 Å². The van der Waals surface area contributed by atoms with Gasteiger partial charge in [0.1, 0.15) is 5.75 Å². The van der Waals surface area contributed by atoms with E-state index in [1.54, 1.807) is 0 Å². The van der Waals surface area contributed by atoms with Gasteiger partial charge < -0.3 is 4.74 Å². The van der Waals surface area contributed by atoms with Crippen molar-refractivity contribution in [1.82, 2.24) is 0 Å². The molecule has 0 fully saturated rings. The Balaban J connectivity index is 2.89. The zero-order valence-corrected chi connectivity index (χ0v) is 13.5. The first-order valence-electron chi connectivity index (χ1n) is 7.36. The summed E-state index contributed by atoms with van der Waals surface area (Å²) in [6.07, 6.45) is -0.0149. The lowest BCUT2D eigenvalue weighted by Gasteiger charge is -2.34. The van der Waals surface area contributed by atoms with Crippen molar-refractivity contribution in [3.05, 3.63) is 29.8 Å². The van der Waals surface area contributed by atoms with Crippen molar-refractivity contribution in [2.75, 3.05) is 0 Å². The summed E-state index contributed by atoms with van der Waals surface area (Å²) in [5, 5.41) is 8.68. The number of rotatable bonds is 6. The summed E-state index contributed by atoms with van der Waals surface area (Å²) in [5.74, 6) is 1.78. The number of ether oxygens (including phenoxy) is 1.